The summed E-state index contributed by atoms with van der Waals surface area (Å²) in [5, 5.41) is 0. The lowest BCUT2D eigenvalue weighted by molar-refractivity contribution is -0.679. The van der Waals surface area contributed by atoms with Crippen molar-refractivity contribution in [3.63, 3.8) is 0 Å². The Morgan fingerprint density at radius 2 is 2.05 bits per heavy atom. The van der Waals surface area contributed by atoms with Gasteiger partial charge >= 0.3 is 12.0 Å². The van der Waals surface area contributed by atoms with Crippen LogP contribution >= 0.6 is 0 Å². The maximum Gasteiger partial charge on any atom is 0.506 e. The number of oxazole rings is 1. The van der Waals surface area contributed by atoms with Crippen LogP contribution in [-0.4, -0.2) is 41.2 Å². The van der Waals surface area contributed by atoms with E-state index < -0.39 is 6.04 Å². The minimum atomic E-state index is -0.607. The van der Waals surface area contributed by atoms with E-state index >= 15 is 0 Å². The molecule has 118 valence electrons. The summed E-state index contributed by atoms with van der Waals surface area (Å²) < 4.78 is 7.50. The minimum Gasteiger partial charge on any atom is -0.389 e. The number of hydrogen-bond donors (Lipinski definition) is 0. The molecule has 0 aliphatic carbocycles. The van der Waals surface area contributed by atoms with Gasteiger partial charge in [0.05, 0.1) is 0 Å². The summed E-state index contributed by atoms with van der Waals surface area (Å²) in [6, 6.07) is -0.566. The average Bonchev–Trinajstić information content (AvgIpc) is 2.98. The van der Waals surface area contributed by atoms with Gasteiger partial charge in [-0.3, -0.25) is 14.6 Å². The lowest BCUT2D eigenvalue weighted by atomic mass is 9.94. The van der Waals surface area contributed by atoms with Crippen molar-refractivity contribution in [3.8, 4) is 0 Å². The zero-order chi connectivity index (χ0) is 16.2. The fourth-order valence-electron chi connectivity index (χ4n) is 2.69. The van der Waals surface area contributed by atoms with E-state index in [0.29, 0.717) is 18.4 Å². The van der Waals surface area contributed by atoms with E-state index in [1.165, 1.54) is 9.80 Å². The van der Waals surface area contributed by atoms with Crippen molar-refractivity contribution in [3.05, 3.63) is 12.0 Å². The summed E-state index contributed by atoms with van der Waals surface area (Å²) in [7, 11) is 1.64. The van der Waals surface area contributed by atoms with Gasteiger partial charge in [-0.25, -0.2) is 4.79 Å². The van der Waals surface area contributed by atoms with E-state index in [0.717, 1.165) is 12.2 Å². The summed E-state index contributed by atoms with van der Waals surface area (Å²) in [5.74, 6) is 0.954. The molecule has 1 unspecified atom stereocenters. The third kappa shape index (κ3) is 1.95. The Kier molecular flexibility index (Phi) is 3.12. The van der Waals surface area contributed by atoms with Gasteiger partial charge in [0, 0.05) is 24.0 Å². The molecule has 0 bridgehead atoms. The van der Waals surface area contributed by atoms with Crippen LogP contribution in [0.5, 0.6) is 0 Å². The number of imide groups is 1. The quantitative estimate of drug-likeness (QED) is 0.782. The number of urea groups is 1. The predicted octanol–water partition coefficient (Wildman–Crippen LogP) is 1.75. The molecule has 3 rings (SSSR count). The number of rotatable bonds is 2. The minimum absolute atomic E-state index is 0.171. The number of hydrogen-bond acceptors (Lipinski definition) is 4. The number of likely N-dealkylation sites (N-methyl/N-ethyl adjacent to an activating group) is 1. The Bertz CT molecular complexity index is 683. The van der Waals surface area contributed by atoms with Crippen LogP contribution in [0.2, 0.25) is 0 Å². The van der Waals surface area contributed by atoms with Gasteiger partial charge < -0.3 is 4.42 Å². The molecule has 7 nitrogen and oxygen atoms in total. The fraction of sp³-hybridized carbons (Fsp3) is 0.600. The average molecular weight is 305 g/mol. The summed E-state index contributed by atoms with van der Waals surface area (Å²) in [6.07, 6.45) is 2.54. The van der Waals surface area contributed by atoms with Crippen LogP contribution in [0.4, 0.5) is 10.8 Å². The topological polar surface area (TPSA) is 70.0 Å². The van der Waals surface area contributed by atoms with E-state index in [4.69, 9.17) is 4.42 Å². The number of nitrogens with zero attached hydrogens (tertiary/aromatic N) is 4. The van der Waals surface area contributed by atoms with Gasteiger partial charge in [-0.05, 0) is 6.42 Å². The number of carbonyl (C=O) groups excluding carboxylic acids is 2. The van der Waals surface area contributed by atoms with Gasteiger partial charge in [0.25, 0.3) is 17.8 Å². The highest BCUT2D eigenvalue weighted by molar-refractivity contribution is 6.18. The second-order valence-electron chi connectivity index (χ2n) is 6.74. The summed E-state index contributed by atoms with van der Waals surface area (Å²) >= 11 is 0. The first-order valence-corrected chi connectivity index (χ1v) is 7.48. The van der Waals surface area contributed by atoms with Gasteiger partial charge in [-0.1, -0.05) is 27.7 Å². The first-order chi connectivity index (χ1) is 10.3. The molecule has 1 aromatic heterocycles. The van der Waals surface area contributed by atoms with Crippen molar-refractivity contribution < 1.29 is 18.6 Å². The molecular formula is C15H21N4O3+. The molecule has 3 heterocycles. The Morgan fingerprint density at radius 1 is 1.36 bits per heavy atom. The molecular weight excluding hydrogens is 284 g/mol. The molecule has 1 saturated heterocycles. The first kappa shape index (κ1) is 14.7. The molecule has 3 amide bonds. The third-order valence-electron chi connectivity index (χ3n) is 3.96. The number of amidine groups is 1. The van der Waals surface area contributed by atoms with Crippen LogP contribution in [0.15, 0.2) is 15.6 Å². The Morgan fingerprint density at radius 3 is 2.64 bits per heavy atom. The maximum atomic E-state index is 12.7. The zero-order valence-corrected chi connectivity index (χ0v) is 13.6. The Hall–Kier alpha value is -2.18. The van der Waals surface area contributed by atoms with Gasteiger partial charge in [0.15, 0.2) is 5.76 Å². The molecule has 2 aliphatic rings. The zero-order valence-electron chi connectivity index (χ0n) is 13.6. The molecule has 0 radical (unpaired) electrons. The van der Waals surface area contributed by atoms with E-state index in [-0.39, 0.29) is 17.4 Å². The number of amides is 3. The van der Waals surface area contributed by atoms with Crippen molar-refractivity contribution in [2.24, 2.45) is 4.99 Å². The van der Waals surface area contributed by atoms with Gasteiger partial charge in [0.2, 0.25) is 0 Å². The molecule has 0 aromatic carbocycles. The smallest absolute Gasteiger partial charge is 0.389 e. The molecule has 1 atom stereocenters. The van der Waals surface area contributed by atoms with E-state index in [1.54, 1.807) is 11.6 Å². The normalized spacial score (nSPS) is 21.1. The molecule has 0 spiro atoms. The standard InChI is InChI=1S/C15H21N4O3/c1-6-7-18-12(20)10-11(17(5)14(18)21)16-13-19(10)8-9(22-13)15(2,3)4/h8,10H,6-7H2,1-5H3/q+1. The molecule has 0 saturated carbocycles. The summed E-state index contributed by atoms with van der Waals surface area (Å²) in [6.45, 7) is 8.45. The highest BCUT2D eigenvalue weighted by Gasteiger charge is 2.55. The Labute approximate surface area is 129 Å². The largest absolute Gasteiger partial charge is 0.506 e. The molecule has 0 N–H and O–H groups in total. The molecule has 7 heteroatoms. The number of aromatic nitrogens is 1. The van der Waals surface area contributed by atoms with Crippen LogP contribution in [-0.2, 0) is 10.2 Å². The van der Waals surface area contributed by atoms with Crippen LogP contribution in [0.25, 0.3) is 0 Å². The van der Waals surface area contributed by atoms with Crippen molar-refractivity contribution in [2.45, 2.75) is 45.6 Å². The fourth-order valence-corrected chi connectivity index (χ4v) is 2.69. The highest BCUT2D eigenvalue weighted by Crippen LogP contribution is 2.32. The first-order valence-electron chi connectivity index (χ1n) is 7.48. The second-order valence-corrected chi connectivity index (χ2v) is 6.74. The Balaban J connectivity index is 2.06. The predicted molar refractivity (Wildman–Crippen MR) is 78.9 cm³/mol. The number of carbonyl (C=O) groups is 2. The SMILES string of the molecule is CCCN1C(=O)C2C(=Nc3oc(C(C)(C)C)c[n+]32)N(C)C1=O. The monoisotopic (exact) mass is 305 g/mol. The summed E-state index contributed by atoms with van der Waals surface area (Å²) in [5.41, 5.74) is -0.171. The molecule has 2 aliphatic heterocycles. The van der Waals surface area contributed by atoms with E-state index in [9.17, 15) is 9.59 Å². The molecule has 22 heavy (non-hydrogen) atoms. The molecule has 1 aromatic rings. The second kappa shape index (κ2) is 4.66. The van der Waals surface area contributed by atoms with Crippen molar-refractivity contribution in [2.75, 3.05) is 13.6 Å². The van der Waals surface area contributed by atoms with Crippen LogP contribution in [0.3, 0.4) is 0 Å². The maximum absolute atomic E-state index is 12.7. The van der Waals surface area contributed by atoms with Crippen LogP contribution in [0, 0.1) is 0 Å². The van der Waals surface area contributed by atoms with E-state index in [2.05, 4.69) is 4.99 Å². The van der Waals surface area contributed by atoms with Crippen LogP contribution in [0.1, 0.15) is 45.9 Å². The van der Waals surface area contributed by atoms with Crippen molar-refractivity contribution in [1.29, 1.82) is 0 Å². The number of aliphatic imine (C=N–C) groups is 1. The van der Waals surface area contributed by atoms with Crippen molar-refractivity contribution in [1.82, 2.24) is 9.80 Å². The summed E-state index contributed by atoms with van der Waals surface area (Å²) in [4.78, 5) is 32.1. The van der Waals surface area contributed by atoms with Crippen LogP contribution < -0.4 is 4.57 Å². The van der Waals surface area contributed by atoms with E-state index in [1.807, 2.05) is 33.9 Å². The lowest BCUT2D eigenvalue weighted by Gasteiger charge is -2.31. The highest BCUT2D eigenvalue weighted by atomic mass is 16.4. The molecule has 1 fully saturated rings. The third-order valence-corrected chi connectivity index (χ3v) is 3.96. The van der Waals surface area contributed by atoms with Gasteiger partial charge in [0.1, 0.15) is 6.20 Å². The van der Waals surface area contributed by atoms with Gasteiger partial charge in [-0.2, -0.15) is 4.57 Å². The van der Waals surface area contributed by atoms with Gasteiger partial charge in [-0.15, -0.1) is 0 Å². The number of fused-ring (bicyclic) bond motifs is 3. The van der Waals surface area contributed by atoms with Crippen molar-refractivity contribution >= 4 is 23.8 Å². The lowest BCUT2D eigenvalue weighted by Crippen LogP contribution is -2.62.